The number of anilines is 1. The third-order valence-electron chi connectivity index (χ3n) is 3.35. The minimum Gasteiger partial charge on any atom is -0.352 e. The van der Waals surface area contributed by atoms with Crippen molar-refractivity contribution in [1.82, 2.24) is 9.97 Å². The van der Waals surface area contributed by atoms with Crippen molar-refractivity contribution in [1.29, 1.82) is 0 Å². The summed E-state index contributed by atoms with van der Waals surface area (Å²) >= 11 is 7.97. The Labute approximate surface area is 122 Å². The fraction of sp³-hybridized carbons (Fsp3) is 0.429. The van der Waals surface area contributed by atoms with Crippen LogP contribution < -0.4 is 4.90 Å². The Morgan fingerprint density at radius 1 is 1.37 bits per heavy atom. The van der Waals surface area contributed by atoms with E-state index in [4.69, 9.17) is 11.6 Å². The Kier molecular flexibility index (Phi) is 3.46. The third-order valence-corrected chi connectivity index (χ3v) is 4.56. The van der Waals surface area contributed by atoms with Crippen LogP contribution in [-0.4, -0.2) is 16.5 Å². The van der Waals surface area contributed by atoms with Crippen molar-refractivity contribution in [3.63, 3.8) is 0 Å². The number of halogens is 1. The van der Waals surface area contributed by atoms with Gasteiger partial charge in [0.15, 0.2) is 0 Å². The molecular formula is C14H16ClN3S. The Balaban J connectivity index is 1.91. The van der Waals surface area contributed by atoms with Crippen molar-refractivity contribution in [2.24, 2.45) is 0 Å². The highest BCUT2D eigenvalue weighted by Crippen LogP contribution is 2.28. The zero-order valence-electron chi connectivity index (χ0n) is 11.1. The van der Waals surface area contributed by atoms with E-state index in [1.54, 1.807) is 0 Å². The zero-order chi connectivity index (χ0) is 13.4. The number of nitrogens with zero attached hydrogens (tertiary/aromatic N) is 3. The van der Waals surface area contributed by atoms with Crippen LogP contribution in [-0.2, 0) is 13.0 Å². The van der Waals surface area contributed by atoms with Crippen LogP contribution in [0.3, 0.4) is 0 Å². The van der Waals surface area contributed by atoms with Crippen LogP contribution in [0, 0.1) is 0 Å². The normalized spacial score (nSPS) is 14.8. The number of hydrogen-bond donors (Lipinski definition) is 0. The first kappa shape index (κ1) is 12.9. The van der Waals surface area contributed by atoms with Gasteiger partial charge < -0.3 is 4.90 Å². The Morgan fingerprint density at radius 2 is 2.21 bits per heavy atom. The molecule has 0 amide bonds. The minimum atomic E-state index is 0.291. The van der Waals surface area contributed by atoms with Gasteiger partial charge in [0.05, 0.1) is 0 Å². The molecule has 2 aromatic rings. The third kappa shape index (κ3) is 2.60. The maximum Gasteiger partial charge on any atom is 0.135 e. The van der Waals surface area contributed by atoms with Gasteiger partial charge in [-0.1, -0.05) is 25.4 Å². The molecule has 3 rings (SSSR count). The lowest BCUT2D eigenvalue weighted by atomic mass is 10.1. The SMILES string of the molecule is CC(C)c1nc(Cl)cc(N2CCc3sccc3C2)n1. The molecule has 0 aliphatic carbocycles. The standard InChI is InChI=1S/C14H16ClN3S/c1-9(2)14-16-12(15)7-13(17-14)18-5-3-11-10(8-18)4-6-19-11/h4,6-7,9H,3,5,8H2,1-2H3. The van der Waals surface area contributed by atoms with Crippen molar-refractivity contribution in [3.05, 3.63) is 38.9 Å². The fourth-order valence-corrected chi connectivity index (χ4v) is 3.36. The lowest BCUT2D eigenvalue weighted by Crippen LogP contribution is -2.30. The summed E-state index contributed by atoms with van der Waals surface area (Å²) in [7, 11) is 0. The predicted molar refractivity (Wildman–Crippen MR) is 80.2 cm³/mol. The number of thiophene rings is 1. The van der Waals surface area contributed by atoms with E-state index in [9.17, 15) is 0 Å². The smallest absolute Gasteiger partial charge is 0.135 e. The summed E-state index contributed by atoms with van der Waals surface area (Å²) < 4.78 is 0. The van der Waals surface area contributed by atoms with Crippen LogP contribution >= 0.6 is 22.9 Å². The lowest BCUT2D eigenvalue weighted by molar-refractivity contribution is 0.710. The summed E-state index contributed by atoms with van der Waals surface area (Å²) in [6.07, 6.45) is 1.09. The molecule has 2 aromatic heterocycles. The van der Waals surface area contributed by atoms with Gasteiger partial charge >= 0.3 is 0 Å². The van der Waals surface area contributed by atoms with Gasteiger partial charge in [0.25, 0.3) is 0 Å². The molecule has 0 aromatic carbocycles. The molecule has 19 heavy (non-hydrogen) atoms. The molecule has 1 aliphatic rings. The summed E-state index contributed by atoms with van der Waals surface area (Å²) in [4.78, 5) is 12.7. The molecule has 5 heteroatoms. The Morgan fingerprint density at radius 3 is 3.00 bits per heavy atom. The van der Waals surface area contributed by atoms with Gasteiger partial charge in [-0.25, -0.2) is 9.97 Å². The first-order chi connectivity index (χ1) is 9.13. The fourth-order valence-electron chi connectivity index (χ4n) is 2.29. The van der Waals surface area contributed by atoms with Crippen LogP contribution in [0.15, 0.2) is 17.5 Å². The van der Waals surface area contributed by atoms with Gasteiger partial charge in [-0.2, -0.15) is 0 Å². The van der Waals surface area contributed by atoms with Gasteiger partial charge in [0.1, 0.15) is 16.8 Å². The molecule has 0 atom stereocenters. The molecule has 3 nitrogen and oxygen atoms in total. The Hall–Kier alpha value is -1.13. The van der Waals surface area contributed by atoms with Crippen LogP contribution in [0.2, 0.25) is 5.15 Å². The highest BCUT2D eigenvalue weighted by Gasteiger charge is 2.19. The van der Waals surface area contributed by atoms with Crippen LogP contribution in [0.1, 0.15) is 36.0 Å². The van der Waals surface area contributed by atoms with E-state index in [2.05, 4.69) is 40.2 Å². The summed E-state index contributed by atoms with van der Waals surface area (Å²) in [5.74, 6) is 2.05. The maximum absolute atomic E-state index is 6.12. The summed E-state index contributed by atoms with van der Waals surface area (Å²) in [5, 5.41) is 2.70. The van der Waals surface area contributed by atoms with Gasteiger partial charge in [0, 0.05) is 30.0 Å². The highest BCUT2D eigenvalue weighted by molar-refractivity contribution is 7.10. The number of aromatic nitrogens is 2. The molecule has 0 saturated carbocycles. The summed E-state index contributed by atoms with van der Waals surface area (Å²) in [6.45, 7) is 6.09. The second kappa shape index (κ2) is 5.10. The second-order valence-corrected chi connectivity index (χ2v) is 6.49. The van der Waals surface area contributed by atoms with E-state index in [0.29, 0.717) is 11.1 Å². The van der Waals surface area contributed by atoms with E-state index in [1.165, 1.54) is 10.4 Å². The zero-order valence-corrected chi connectivity index (χ0v) is 12.6. The molecule has 0 radical (unpaired) electrons. The van der Waals surface area contributed by atoms with E-state index < -0.39 is 0 Å². The first-order valence-electron chi connectivity index (χ1n) is 6.48. The molecule has 0 N–H and O–H groups in total. The summed E-state index contributed by atoms with van der Waals surface area (Å²) in [6, 6.07) is 4.07. The topological polar surface area (TPSA) is 29.0 Å². The second-order valence-electron chi connectivity index (χ2n) is 5.10. The number of fused-ring (bicyclic) bond motifs is 1. The van der Waals surface area contributed by atoms with Crippen molar-refractivity contribution in [2.45, 2.75) is 32.7 Å². The van der Waals surface area contributed by atoms with E-state index in [1.807, 2.05) is 17.4 Å². The molecule has 3 heterocycles. The molecule has 1 aliphatic heterocycles. The van der Waals surface area contributed by atoms with Crippen LogP contribution in [0.5, 0.6) is 0 Å². The summed E-state index contributed by atoms with van der Waals surface area (Å²) in [5.41, 5.74) is 1.41. The van der Waals surface area contributed by atoms with Crippen molar-refractivity contribution in [3.8, 4) is 0 Å². The molecule has 0 saturated heterocycles. The first-order valence-corrected chi connectivity index (χ1v) is 7.74. The maximum atomic E-state index is 6.12. The molecular weight excluding hydrogens is 278 g/mol. The lowest BCUT2D eigenvalue weighted by Gasteiger charge is -2.28. The predicted octanol–water partition coefficient (Wildman–Crippen LogP) is 3.88. The van der Waals surface area contributed by atoms with E-state index in [-0.39, 0.29) is 0 Å². The molecule has 0 spiro atoms. The van der Waals surface area contributed by atoms with Gasteiger partial charge in [-0.05, 0) is 23.4 Å². The van der Waals surface area contributed by atoms with E-state index in [0.717, 1.165) is 31.2 Å². The number of rotatable bonds is 2. The average Bonchev–Trinajstić information content (AvgIpc) is 2.85. The molecule has 100 valence electrons. The molecule has 0 fully saturated rings. The van der Waals surface area contributed by atoms with Gasteiger partial charge in [-0.15, -0.1) is 11.3 Å². The molecule has 0 bridgehead atoms. The van der Waals surface area contributed by atoms with Crippen LogP contribution in [0.4, 0.5) is 5.82 Å². The van der Waals surface area contributed by atoms with Crippen molar-refractivity contribution >= 4 is 28.8 Å². The number of hydrogen-bond acceptors (Lipinski definition) is 4. The van der Waals surface area contributed by atoms with Gasteiger partial charge in [-0.3, -0.25) is 0 Å². The minimum absolute atomic E-state index is 0.291. The largest absolute Gasteiger partial charge is 0.352 e. The van der Waals surface area contributed by atoms with Crippen molar-refractivity contribution < 1.29 is 0 Å². The quantitative estimate of drug-likeness (QED) is 0.787. The Bertz CT molecular complexity index is 594. The van der Waals surface area contributed by atoms with Gasteiger partial charge in [0.2, 0.25) is 0 Å². The average molecular weight is 294 g/mol. The van der Waals surface area contributed by atoms with Crippen LogP contribution in [0.25, 0.3) is 0 Å². The molecule has 0 unspecified atom stereocenters. The van der Waals surface area contributed by atoms with Crippen molar-refractivity contribution in [2.75, 3.05) is 11.4 Å². The monoisotopic (exact) mass is 293 g/mol. The van der Waals surface area contributed by atoms with E-state index >= 15 is 0 Å². The highest BCUT2D eigenvalue weighted by atomic mass is 35.5.